The summed E-state index contributed by atoms with van der Waals surface area (Å²) < 4.78 is 23.4. The molecule has 0 spiro atoms. The van der Waals surface area contributed by atoms with Crippen molar-refractivity contribution >= 4 is 21.7 Å². The Morgan fingerprint density at radius 2 is 1.71 bits per heavy atom. The molecule has 1 unspecified atom stereocenters. The van der Waals surface area contributed by atoms with Gasteiger partial charge in [-0.1, -0.05) is 20.8 Å². The fourth-order valence-electron chi connectivity index (χ4n) is 3.65. The number of hydrogen-bond acceptors (Lipinski definition) is 4. The van der Waals surface area contributed by atoms with Gasteiger partial charge in [0.25, 0.3) is 0 Å². The van der Waals surface area contributed by atoms with Crippen LogP contribution in [0.5, 0.6) is 0 Å². The lowest BCUT2D eigenvalue weighted by molar-refractivity contribution is -0.145. The van der Waals surface area contributed by atoms with Crippen molar-refractivity contribution in [3.05, 3.63) is 0 Å². The molecule has 2 saturated heterocycles. The number of hydrogen-bond donors (Lipinski definition) is 0. The molecule has 2 heterocycles. The van der Waals surface area contributed by atoms with Crippen molar-refractivity contribution in [3.63, 3.8) is 0 Å². The maximum Gasteiger partial charge on any atom is 0.227 e. The second-order valence-corrected chi connectivity index (χ2v) is 10.2. The zero-order chi connectivity index (χ0) is 18.1. The molecule has 2 aliphatic heterocycles. The molecular weight excluding hydrogens is 328 g/mol. The summed E-state index contributed by atoms with van der Waals surface area (Å²) in [5, 5.41) is 0. The quantitative estimate of drug-likeness (QED) is 0.762. The molecule has 0 radical (unpaired) electrons. The molecular formula is C17H30N2O4S. The van der Waals surface area contributed by atoms with Gasteiger partial charge in [0.15, 0.2) is 9.84 Å². The minimum Gasteiger partial charge on any atom is -0.342 e. The Bertz CT molecular complexity index is 586. The zero-order valence-electron chi connectivity index (χ0n) is 15.2. The SMILES string of the molecule is CCN(C(=O)C1CCN(C(=O)C(C)(C)C)CC1)C1CCS(=O)(=O)C1. The van der Waals surface area contributed by atoms with E-state index in [-0.39, 0.29) is 35.3 Å². The smallest absolute Gasteiger partial charge is 0.227 e. The molecule has 24 heavy (non-hydrogen) atoms. The molecule has 0 bridgehead atoms. The number of carbonyl (C=O) groups excluding carboxylic acids is 2. The lowest BCUT2D eigenvalue weighted by atomic mass is 9.90. The van der Waals surface area contributed by atoms with E-state index in [4.69, 9.17) is 0 Å². The fraction of sp³-hybridized carbons (Fsp3) is 0.882. The van der Waals surface area contributed by atoms with Crippen LogP contribution >= 0.6 is 0 Å². The van der Waals surface area contributed by atoms with Gasteiger partial charge in [0, 0.05) is 37.0 Å². The molecule has 0 aromatic rings. The van der Waals surface area contributed by atoms with Gasteiger partial charge in [0.1, 0.15) is 0 Å². The summed E-state index contributed by atoms with van der Waals surface area (Å²) in [6, 6.07) is -0.179. The van der Waals surface area contributed by atoms with Crippen molar-refractivity contribution in [1.29, 1.82) is 0 Å². The first kappa shape index (κ1) is 19.2. The summed E-state index contributed by atoms with van der Waals surface area (Å²) >= 11 is 0. The normalized spacial score (nSPS) is 24.8. The Kier molecular flexibility index (Phi) is 5.62. The van der Waals surface area contributed by atoms with Crippen LogP contribution in [0.15, 0.2) is 0 Å². The lowest BCUT2D eigenvalue weighted by Crippen LogP contribution is -2.49. The van der Waals surface area contributed by atoms with E-state index in [9.17, 15) is 18.0 Å². The summed E-state index contributed by atoms with van der Waals surface area (Å²) in [6.45, 7) is 9.38. The van der Waals surface area contributed by atoms with Gasteiger partial charge in [-0.3, -0.25) is 9.59 Å². The van der Waals surface area contributed by atoms with Gasteiger partial charge < -0.3 is 9.80 Å². The van der Waals surface area contributed by atoms with Gasteiger partial charge in [0.2, 0.25) is 11.8 Å². The van der Waals surface area contributed by atoms with Crippen LogP contribution in [0, 0.1) is 11.3 Å². The number of nitrogens with zero attached hydrogens (tertiary/aromatic N) is 2. The van der Waals surface area contributed by atoms with Crippen molar-refractivity contribution in [2.24, 2.45) is 11.3 Å². The highest BCUT2D eigenvalue weighted by molar-refractivity contribution is 7.91. The summed E-state index contributed by atoms with van der Waals surface area (Å²) in [5.41, 5.74) is -0.398. The van der Waals surface area contributed by atoms with E-state index < -0.39 is 15.3 Å². The highest BCUT2D eigenvalue weighted by atomic mass is 32.2. The van der Waals surface area contributed by atoms with Crippen LogP contribution in [-0.2, 0) is 19.4 Å². The van der Waals surface area contributed by atoms with Gasteiger partial charge in [-0.25, -0.2) is 8.42 Å². The third-order valence-corrected chi connectivity index (χ3v) is 6.80. The van der Waals surface area contributed by atoms with Crippen LogP contribution in [0.25, 0.3) is 0 Å². The molecule has 7 heteroatoms. The van der Waals surface area contributed by atoms with E-state index in [0.717, 1.165) is 0 Å². The van der Waals surface area contributed by atoms with E-state index in [1.165, 1.54) is 0 Å². The largest absolute Gasteiger partial charge is 0.342 e. The first-order chi connectivity index (χ1) is 11.0. The van der Waals surface area contributed by atoms with Gasteiger partial charge in [-0.2, -0.15) is 0 Å². The van der Waals surface area contributed by atoms with Crippen LogP contribution < -0.4 is 0 Å². The van der Waals surface area contributed by atoms with E-state index in [0.29, 0.717) is 38.9 Å². The lowest BCUT2D eigenvalue weighted by Gasteiger charge is -2.38. The maximum absolute atomic E-state index is 12.8. The Labute approximate surface area is 145 Å². The molecule has 0 aromatic heterocycles. The average molecular weight is 359 g/mol. The third kappa shape index (κ3) is 4.29. The van der Waals surface area contributed by atoms with Crippen LogP contribution in [0.3, 0.4) is 0 Å². The van der Waals surface area contributed by atoms with Crippen LogP contribution in [0.2, 0.25) is 0 Å². The molecule has 2 aliphatic rings. The Hall–Kier alpha value is -1.11. The molecule has 2 rings (SSSR count). The van der Waals surface area contributed by atoms with Gasteiger partial charge >= 0.3 is 0 Å². The Balaban J connectivity index is 1.95. The number of carbonyl (C=O) groups is 2. The molecule has 0 N–H and O–H groups in total. The van der Waals surface area contributed by atoms with Gasteiger partial charge in [-0.05, 0) is 26.2 Å². The predicted octanol–water partition coefficient (Wildman–Crippen LogP) is 1.31. The molecule has 2 amide bonds. The number of piperidine rings is 1. The summed E-state index contributed by atoms with van der Waals surface area (Å²) in [7, 11) is -3.00. The minimum absolute atomic E-state index is 0.0578. The van der Waals surface area contributed by atoms with Crippen LogP contribution in [0.1, 0.15) is 47.0 Å². The summed E-state index contributed by atoms with van der Waals surface area (Å²) in [5.74, 6) is 0.357. The average Bonchev–Trinajstić information content (AvgIpc) is 2.86. The van der Waals surface area contributed by atoms with Gasteiger partial charge in [-0.15, -0.1) is 0 Å². The van der Waals surface area contributed by atoms with E-state index in [1.807, 2.05) is 32.6 Å². The first-order valence-corrected chi connectivity index (χ1v) is 10.7. The molecule has 6 nitrogen and oxygen atoms in total. The van der Waals surface area contributed by atoms with E-state index >= 15 is 0 Å². The van der Waals surface area contributed by atoms with Crippen molar-refractivity contribution in [2.45, 2.75) is 53.0 Å². The van der Waals surface area contributed by atoms with Crippen molar-refractivity contribution in [2.75, 3.05) is 31.1 Å². The second-order valence-electron chi connectivity index (χ2n) is 8.00. The van der Waals surface area contributed by atoms with Crippen LogP contribution in [-0.4, -0.2) is 67.2 Å². The molecule has 0 aromatic carbocycles. The monoisotopic (exact) mass is 358 g/mol. The third-order valence-electron chi connectivity index (χ3n) is 5.05. The fourth-order valence-corrected chi connectivity index (χ4v) is 5.38. The van der Waals surface area contributed by atoms with E-state index in [1.54, 1.807) is 4.90 Å². The van der Waals surface area contributed by atoms with Crippen molar-refractivity contribution in [1.82, 2.24) is 9.80 Å². The topological polar surface area (TPSA) is 74.8 Å². The van der Waals surface area contributed by atoms with E-state index in [2.05, 4.69) is 0 Å². The zero-order valence-corrected chi connectivity index (χ0v) is 16.1. The minimum atomic E-state index is -3.00. The summed E-state index contributed by atoms with van der Waals surface area (Å²) in [6.07, 6.45) is 1.87. The van der Waals surface area contributed by atoms with Crippen molar-refractivity contribution in [3.8, 4) is 0 Å². The number of sulfone groups is 1. The highest BCUT2D eigenvalue weighted by Gasteiger charge is 2.38. The first-order valence-electron chi connectivity index (χ1n) is 8.85. The molecule has 138 valence electrons. The molecule has 2 fully saturated rings. The summed E-state index contributed by atoms with van der Waals surface area (Å²) in [4.78, 5) is 28.8. The number of amides is 2. The molecule has 0 aliphatic carbocycles. The highest BCUT2D eigenvalue weighted by Crippen LogP contribution is 2.27. The number of rotatable bonds is 3. The Morgan fingerprint density at radius 3 is 2.12 bits per heavy atom. The standard InChI is InChI=1S/C17H30N2O4S/c1-5-19(14-8-11-24(22,23)12-14)15(20)13-6-9-18(10-7-13)16(21)17(2,3)4/h13-14H,5-12H2,1-4H3. The molecule has 0 saturated carbocycles. The van der Waals surface area contributed by atoms with Crippen molar-refractivity contribution < 1.29 is 18.0 Å². The van der Waals surface area contributed by atoms with Crippen LogP contribution in [0.4, 0.5) is 0 Å². The number of likely N-dealkylation sites (tertiary alicyclic amines) is 1. The maximum atomic E-state index is 12.8. The predicted molar refractivity (Wildman–Crippen MR) is 93.2 cm³/mol. The van der Waals surface area contributed by atoms with Gasteiger partial charge in [0.05, 0.1) is 11.5 Å². The Morgan fingerprint density at radius 1 is 1.12 bits per heavy atom. The molecule has 1 atom stereocenters. The second kappa shape index (κ2) is 7.02.